The van der Waals surface area contributed by atoms with Crippen molar-refractivity contribution >= 4 is 21.7 Å². The van der Waals surface area contributed by atoms with Crippen LogP contribution in [-0.4, -0.2) is 18.6 Å². The molecule has 1 aromatic heterocycles. The predicted octanol–water partition coefficient (Wildman–Crippen LogP) is 3.29. The van der Waals surface area contributed by atoms with Gasteiger partial charge in [-0.2, -0.15) is 5.26 Å². The molecule has 0 bridgehead atoms. The van der Waals surface area contributed by atoms with E-state index in [9.17, 15) is 5.26 Å². The van der Waals surface area contributed by atoms with Gasteiger partial charge < -0.3 is 9.64 Å². The van der Waals surface area contributed by atoms with Crippen molar-refractivity contribution in [3.63, 3.8) is 0 Å². The van der Waals surface area contributed by atoms with E-state index in [1.807, 2.05) is 18.0 Å². The molecule has 0 saturated heterocycles. The largest absolute Gasteiger partial charge is 0.493 e. The fourth-order valence-electron chi connectivity index (χ4n) is 2.51. The van der Waals surface area contributed by atoms with E-state index in [2.05, 4.69) is 39.1 Å². The lowest BCUT2D eigenvalue weighted by Gasteiger charge is -2.19. The number of halogens is 1. The lowest BCUT2D eigenvalue weighted by molar-refractivity contribution is 0.357. The van der Waals surface area contributed by atoms with Gasteiger partial charge in [-0.05, 0) is 39.2 Å². The molecule has 0 amide bonds. The molecule has 3 rings (SSSR count). The van der Waals surface area contributed by atoms with Crippen molar-refractivity contribution in [1.29, 1.82) is 5.26 Å². The molecule has 0 spiro atoms. The van der Waals surface area contributed by atoms with Crippen LogP contribution in [0.25, 0.3) is 0 Å². The fraction of sp³-hybridized carbons (Fsp3) is 0.250. The Morgan fingerprint density at radius 1 is 1.43 bits per heavy atom. The van der Waals surface area contributed by atoms with Gasteiger partial charge in [-0.3, -0.25) is 0 Å². The molecule has 5 heteroatoms. The second-order valence-corrected chi connectivity index (χ2v) is 5.95. The summed E-state index contributed by atoms with van der Waals surface area (Å²) in [5, 5.41) is 9.23. The van der Waals surface area contributed by atoms with E-state index in [-0.39, 0.29) is 0 Å². The zero-order chi connectivity index (χ0) is 14.8. The molecule has 2 heterocycles. The van der Waals surface area contributed by atoms with E-state index >= 15 is 0 Å². The highest BCUT2D eigenvalue weighted by atomic mass is 79.9. The van der Waals surface area contributed by atoms with Crippen LogP contribution in [0.15, 0.2) is 34.9 Å². The van der Waals surface area contributed by atoms with E-state index in [4.69, 9.17) is 4.74 Å². The van der Waals surface area contributed by atoms with Gasteiger partial charge in [-0.25, -0.2) is 4.98 Å². The van der Waals surface area contributed by atoms with Gasteiger partial charge in [-0.1, -0.05) is 12.1 Å². The Kier molecular flexibility index (Phi) is 3.80. The number of hydrogen-bond acceptors (Lipinski definition) is 4. The fourth-order valence-corrected chi connectivity index (χ4v) is 2.84. The van der Waals surface area contributed by atoms with Crippen molar-refractivity contribution in [2.24, 2.45) is 0 Å². The Morgan fingerprint density at radius 2 is 2.29 bits per heavy atom. The number of rotatable bonds is 3. The van der Waals surface area contributed by atoms with Crippen LogP contribution in [0.5, 0.6) is 5.75 Å². The number of fused-ring (bicyclic) bond motifs is 1. The number of hydrogen-bond donors (Lipinski definition) is 0. The van der Waals surface area contributed by atoms with Gasteiger partial charge in [0.1, 0.15) is 17.6 Å². The van der Waals surface area contributed by atoms with Gasteiger partial charge in [0.2, 0.25) is 0 Å². The maximum Gasteiger partial charge on any atom is 0.146 e. The van der Waals surface area contributed by atoms with Crippen molar-refractivity contribution in [3.05, 3.63) is 51.6 Å². The van der Waals surface area contributed by atoms with E-state index in [1.165, 1.54) is 11.1 Å². The number of anilines is 1. The number of pyridine rings is 1. The molecule has 1 aliphatic rings. The zero-order valence-electron chi connectivity index (χ0n) is 11.6. The van der Waals surface area contributed by atoms with Gasteiger partial charge in [0.05, 0.1) is 12.2 Å². The molecule has 0 unspecified atom stereocenters. The summed E-state index contributed by atoms with van der Waals surface area (Å²) in [5.74, 6) is 1.68. The third-order valence-corrected chi connectivity index (χ3v) is 3.92. The third-order valence-electron chi connectivity index (χ3n) is 3.49. The maximum atomic E-state index is 9.23. The van der Waals surface area contributed by atoms with Crippen molar-refractivity contribution in [1.82, 2.24) is 4.98 Å². The van der Waals surface area contributed by atoms with Crippen LogP contribution < -0.4 is 9.64 Å². The molecule has 0 aliphatic carbocycles. The Bertz CT molecular complexity index is 724. The molecule has 0 radical (unpaired) electrons. The summed E-state index contributed by atoms with van der Waals surface area (Å²) < 4.78 is 6.33. The van der Waals surface area contributed by atoms with E-state index < -0.39 is 0 Å². The van der Waals surface area contributed by atoms with Crippen LogP contribution in [0.1, 0.15) is 16.7 Å². The van der Waals surface area contributed by atoms with Crippen molar-refractivity contribution in [2.75, 3.05) is 18.6 Å². The molecule has 106 valence electrons. The van der Waals surface area contributed by atoms with Crippen LogP contribution in [0.2, 0.25) is 0 Å². The first-order valence-corrected chi connectivity index (χ1v) is 7.48. The Labute approximate surface area is 132 Å². The molecule has 2 aromatic rings. The van der Waals surface area contributed by atoms with Gasteiger partial charge in [0, 0.05) is 30.7 Å². The summed E-state index contributed by atoms with van der Waals surface area (Å²) in [5.41, 5.74) is 3.01. The summed E-state index contributed by atoms with van der Waals surface area (Å²) in [4.78, 5) is 6.34. The van der Waals surface area contributed by atoms with Gasteiger partial charge in [0.15, 0.2) is 0 Å². The minimum atomic E-state index is 0.566. The average Bonchev–Trinajstić information content (AvgIpc) is 2.94. The SMILES string of the molecule is CN(Cc1ccc2c(c1)CCO2)c1ncc(Br)cc1C#N. The van der Waals surface area contributed by atoms with Gasteiger partial charge in [0.25, 0.3) is 0 Å². The van der Waals surface area contributed by atoms with Crippen molar-refractivity contribution < 1.29 is 4.74 Å². The standard InChI is InChI=1S/C16H14BrN3O/c1-20(16-13(8-18)7-14(17)9-19-16)10-11-2-3-15-12(6-11)4-5-21-15/h2-3,6-7,9H,4-5,10H2,1H3. The van der Waals surface area contributed by atoms with Crippen LogP contribution in [-0.2, 0) is 13.0 Å². The first-order valence-electron chi connectivity index (χ1n) is 6.69. The van der Waals surface area contributed by atoms with Crippen LogP contribution in [0, 0.1) is 11.3 Å². The summed E-state index contributed by atoms with van der Waals surface area (Å²) in [7, 11) is 1.95. The summed E-state index contributed by atoms with van der Waals surface area (Å²) in [6.07, 6.45) is 2.68. The molecule has 0 atom stereocenters. The lowest BCUT2D eigenvalue weighted by atomic mass is 10.1. The lowest BCUT2D eigenvalue weighted by Crippen LogP contribution is -2.19. The van der Waals surface area contributed by atoms with Crippen molar-refractivity contribution in [2.45, 2.75) is 13.0 Å². The maximum absolute atomic E-state index is 9.23. The minimum Gasteiger partial charge on any atom is -0.493 e. The predicted molar refractivity (Wildman–Crippen MR) is 84.4 cm³/mol. The molecule has 4 nitrogen and oxygen atoms in total. The normalized spacial score (nSPS) is 12.4. The topological polar surface area (TPSA) is 49.1 Å². The molecular formula is C16H14BrN3O. The van der Waals surface area contributed by atoms with E-state index in [1.54, 1.807) is 12.3 Å². The van der Waals surface area contributed by atoms with Crippen LogP contribution in [0.3, 0.4) is 0 Å². The Hall–Kier alpha value is -2.06. The summed E-state index contributed by atoms with van der Waals surface area (Å²) in [6.45, 7) is 1.47. The molecule has 0 fully saturated rings. The van der Waals surface area contributed by atoms with Gasteiger partial charge >= 0.3 is 0 Å². The van der Waals surface area contributed by atoms with Crippen LogP contribution in [0.4, 0.5) is 5.82 Å². The molecule has 21 heavy (non-hydrogen) atoms. The molecule has 1 aromatic carbocycles. The highest BCUT2D eigenvalue weighted by Crippen LogP contribution is 2.27. The highest BCUT2D eigenvalue weighted by Gasteiger charge is 2.14. The molecule has 0 saturated carbocycles. The molecule has 0 N–H and O–H groups in total. The first-order chi connectivity index (χ1) is 10.2. The third kappa shape index (κ3) is 2.86. The quantitative estimate of drug-likeness (QED) is 0.857. The highest BCUT2D eigenvalue weighted by molar-refractivity contribution is 9.10. The Morgan fingerprint density at radius 3 is 3.10 bits per heavy atom. The number of aromatic nitrogens is 1. The average molecular weight is 344 g/mol. The first kappa shape index (κ1) is 13.9. The number of ether oxygens (including phenoxy) is 1. The summed E-state index contributed by atoms with van der Waals surface area (Å²) in [6, 6.07) is 10.2. The summed E-state index contributed by atoms with van der Waals surface area (Å²) >= 11 is 3.34. The zero-order valence-corrected chi connectivity index (χ0v) is 13.2. The smallest absolute Gasteiger partial charge is 0.146 e. The Balaban J connectivity index is 1.83. The molecule has 1 aliphatic heterocycles. The van der Waals surface area contributed by atoms with Gasteiger partial charge in [-0.15, -0.1) is 0 Å². The molecular weight excluding hydrogens is 330 g/mol. The van der Waals surface area contributed by atoms with Crippen molar-refractivity contribution in [3.8, 4) is 11.8 Å². The van der Waals surface area contributed by atoms with E-state index in [0.717, 1.165) is 23.2 Å². The number of benzene rings is 1. The number of nitriles is 1. The second kappa shape index (κ2) is 5.74. The van der Waals surface area contributed by atoms with Crippen LogP contribution >= 0.6 is 15.9 Å². The monoisotopic (exact) mass is 343 g/mol. The van der Waals surface area contributed by atoms with E-state index in [0.29, 0.717) is 17.9 Å². The number of nitrogens with zero attached hydrogens (tertiary/aromatic N) is 3. The second-order valence-electron chi connectivity index (χ2n) is 5.03. The minimum absolute atomic E-state index is 0.566.